The van der Waals surface area contributed by atoms with E-state index in [2.05, 4.69) is 43.5 Å². The summed E-state index contributed by atoms with van der Waals surface area (Å²) in [4.78, 5) is 36.0. The maximum atomic E-state index is 12.9. The Kier molecular flexibility index (Phi) is 42.7. The minimum absolute atomic E-state index is 0.108. The number of ether oxygens (including phenoxy) is 4. The van der Waals surface area contributed by atoms with Gasteiger partial charge < -0.3 is 70.0 Å². The fraction of sp³-hybridized carbons (Fsp3) is 0.887. The first-order chi connectivity index (χ1) is 35.2. The summed E-state index contributed by atoms with van der Waals surface area (Å²) in [6, 6.07) is 0. The lowest BCUT2D eigenvalue weighted by atomic mass is 9.98. The summed E-state index contributed by atoms with van der Waals surface area (Å²) < 4.78 is 44.6. The van der Waals surface area contributed by atoms with Crippen molar-refractivity contribution in [3.63, 3.8) is 0 Å². The van der Waals surface area contributed by atoms with Crippen molar-refractivity contribution in [3.8, 4) is 0 Å². The highest BCUT2D eigenvalue weighted by molar-refractivity contribution is 7.47. The van der Waals surface area contributed by atoms with Crippen LogP contribution in [0.5, 0.6) is 0 Å². The maximum Gasteiger partial charge on any atom is 0.472 e. The average molecular weight is 1070 g/mol. The Hall–Kier alpha value is -1.91. The van der Waals surface area contributed by atoms with Gasteiger partial charge in [-0.05, 0) is 64.2 Å². The van der Waals surface area contributed by atoms with Gasteiger partial charge in [-0.2, -0.15) is 0 Å². The van der Waals surface area contributed by atoms with Gasteiger partial charge in [-0.25, -0.2) is 4.57 Å². The molecule has 430 valence electrons. The summed E-state index contributed by atoms with van der Waals surface area (Å²) in [5, 5.41) is 83.8. The van der Waals surface area contributed by atoms with E-state index in [1.54, 1.807) is 0 Å². The molecule has 20 heteroatoms. The molecule has 11 atom stereocenters. The third-order valence-corrected chi connectivity index (χ3v) is 13.7. The molecule has 1 saturated heterocycles. The Morgan fingerprint density at radius 3 is 1.59 bits per heavy atom. The van der Waals surface area contributed by atoms with Crippen LogP contribution in [-0.4, -0.2) is 165 Å². The normalized spacial score (nSPS) is 21.3. The molecule has 1 rings (SSSR count). The maximum absolute atomic E-state index is 12.9. The van der Waals surface area contributed by atoms with E-state index in [9.17, 15) is 59.9 Å². The third-order valence-electron chi connectivity index (χ3n) is 12.8. The van der Waals surface area contributed by atoms with E-state index in [-0.39, 0.29) is 19.4 Å². The number of carbonyl (C=O) groups excluding carboxylic acids is 2. The van der Waals surface area contributed by atoms with Crippen LogP contribution in [0.1, 0.15) is 194 Å². The van der Waals surface area contributed by atoms with Crippen LogP contribution in [0.4, 0.5) is 0 Å². The summed E-state index contributed by atoms with van der Waals surface area (Å²) in [5.74, 6) is -1.05. The molecule has 1 aliphatic heterocycles. The molecule has 0 spiro atoms. The Morgan fingerprint density at radius 1 is 0.616 bits per heavy atom. The Bertz CT molecular complexity index is 1440. The van der Waals surface area contributed by atoms with Crippen molar-refractivity contribution in [2.24, 2.45) is 0 Å². The highest BCUT2D eigenvalue weighted by Gasteiger charge is 2.47. The van der Waals surface area contributed by atoms with E-state index >= 15 is 0 Å². The molecule has 0 aromatic rings. The molecular formula is C53H100NO18P. The number of unbranched alkanes of at least 4 members (excludes halogenated alkanes) is 22. The van der Waals surface area contributed by atoms with Crippen LogP contribution in [0.25, 0.3) is 0 Å². The van der Waals surface area contributed by atoms with E-state index < -0.39 is 121 Å². The molecule has 1 heterocycles. The molecule has 0 radical (unpaired) electrons. The van der Waals surface area contributed by atoms with Crippen molar-refractivity contribution in [3.05, 3.63) is 24.3 Å². The van der Waals surface area contributed by atoms with E-state index in [4.69, 9.17) is 28.0 Å². The SMILES string of the molecule is CCCCCCCCC=CCCCCCCCC(=O)OC[C@H](COP(=O)(O)OCCNCC(O)C(O)[C@H](O[C@@H]1O[C@H](CO)[C@H](O)[C@H](O)[C@H]1O)[C@H](O)CO)OC(=O)CCCCCCCC=CCCCCCCCC. The van der Waals surface area contributed by atoms with Crippen LogP contribution >= 0.6 is 7.82 Å². The predicted molar refractivity (Wildman–Crippen MR) is 278 cm³/mol. The van der Waals surface area contributed by atoms with Gasteiger partial charge in [0.15, 0.2) is 12.4 Å². The van der Waals surface area contributed by atoms with Crippen molar-refractivity contribution in [2.75, 3.05) is 46.1 Å². The second-order valence-electron chi connectivity index (χ2n) is 19.4. The standard InChI is InChI=1S/C53H100NO18P/c1-3-5-7-9-11-13-15-17-19-21-23-25-27-29-31-33-46(59)67-40-42(70-47(60)34-32-30-28-26-24-22-20-18-16-14-12-10-8-6-4-2)41-69-73(65,66)68-36-35-54-37-43(57)48(61)52(44(58)38-55)72-53-51(64)50(63)49(62)45(39-56)71-53/h17-20,42-45,48-58,61-64H,3-16,21-41H2,1-2H3,(H,65,66)/t42-,43?,44-,45-,48?,49+,50+,51-,52-,53+/m1/s1. The smallest absolute Gasteiger partial charge is 0.462 e. The first-order valence-corrected chi connectivity index (χ1v) is 29.3. The summed E-state index contributed by atoms with van der Waals surface area (Å²) in [7, 11) is -4.76. The highest BCUT2D eigenvalue weighted by Crippen LogP contribution is 2.43. The second kappa shape index (κ2) is 45.1. The highest BCUT2D eigenvalue weighted by atomic mass is 31.2. The zero-order valence-electron chi connectivity index (χ0n) is 44.5. The average Bonchev–Trinajstić information content (AvgIpc) is 3.37. The van der Waals surface area contributed by atoms with Gasteiger partial charge in [-0.15, -0.1) is 0 Å². The molecule has 19 nitrogen and oxygen atoms in total. The van der Waals surface area contributed by atoms with Crippen molar-refractivity contribution in [2.45, 2.75) is 255 Å². The van der Waals surface area contributed by atoms with Crippen LogP contribution < -0.4 is 5.32 Å². The predicted octanol–water partition coefficient (Wildman–Crippen LogP) is 6.50. The molecule has 3 unspecified atom stereocenters. The minimum atomic E-state index is -4.76. The second-order valence-corrected chi connectivity index (χ2v) is 20.8. The molecule has 73 heavy (non-hydrogen) atoms. The van der Waals surface area contributed by atoms with Gasteiger partial charge >= 0.3 is 19.8 Å². The first-order valence-electron chi connectivity index (χ1n) is 27.8. The molecule has 0 amide bonds. The number of phosphoric acid groups is 1. The number of phosphoric ester groups is 1. The van der Waals surface area contributed by atoms with E-state index in [0.717, 1.165) is 77.0 Å². The molecule has 10 N–H and O–H groups in total. The van der Waals surface area contributed by atoms with Gasteiger partial charge in [0.2, 0.25) is 0 Å². The third kappa shape index (κ3) is 35.2. The molecule has 0 bridgehead atoms. The van der Waals surface area contributed by atoms with Gasteiger partial charge in [0.05, 0.1) is 32.5 Å². The number of hydrogen-bond donors (Lipinski definition) is 10. The lowest BCUT2D eigenvalue weighted by molar-refractivity contribution is -0.327. The van der Waals surface area contributed by atoms with Crippen LogP contribution in [0.2, 0.25) is 0 Å². The van der Waals surface area contributed by atoms with Crippen molar-refractivity contribution < 1.29 is 87.9 Å². The number of hydrogen-bond acceptors (Lipinski definition) is 18. The van der Waals surface area contributed by atoms with Gasteiger partial charge in [0, 0.05) is 25.9 Å². The van der Waals surface area contributed by atoms with Gasteiger partial charge in [0.1, 0.15) is 49.3 Å². The summed E-state index contributed by atoms with van der Waals surface area (Å²) in [5.41, 5.74) is 0. The fourth-order valence-corrected chi connectivity index (χ4v) is 8.93. The van der Waals surface area contributed by atoms with E-state index in [0.29, 0.717) is 12.8 Å². The van der Waals surface area contributed by atoms with Crippen molar-refractivity contribution in [1.29, 1.82) is 0 Å². The zero-order chi connectivity index (χ0) is 54.0. The first kappa shape index (κ1) is 69.1. The zero-order valence-corrected chi connectivity index (χ0v) is 45.4. The monoisotopic (exact) mass is 1070 g/mol. The van der Waals surface area contributed by atoms with E-state index in [1.165, 1.54) is 77.0 Å². The Morgan fingerprint density at radius 2 is 1.10 bits per heavy atom. The van der Waals surface area contributed by atoms with Crippen molar-refractivity contribution >= 4 is 19.8 Å². The van der Waals surface area contributed by atoms with Gasteiger partial charge in [-0.3, -0.25) is 18.6 Å². The quantitative estimate of drug-likeness (QED) is 0.0135. The molecule has 0 aromatic heterocycles. The lowest BCUT2D eigenvalue weighted by Crippen LogP contribution is -2.61. The molecule has 0 saturated carbocycles. The van der Waals surface area contributed by atoms with Crippen LogP contribution in [0.3, 0.4) is 0 Å². The Labute approximate surface area is 437 Å². The summed E-state index contributed by atoms with van der Waals surface area (Å²) in [6.45, 7) is 0.659. The lowest BCUT2D eigenvalue weighted by Gasteiger charge is -2.42. The van der Waals surface area contributed by atoms with E-state index in [1.807, 2.05) is 0 Å². The van der Waals surface area contributed by atoms with Gasteiger partial charge in [0.25, 0.3) is 0 Å². The van der Waals surface area contributed by atoms with Crippen LogP contribution in [-0.2, 0) is 42.1 Å². The fourth-order valence-electron chi connectivity index (χ4n) is 8.17. The number of rotatable bonds is 49. The molecule has 1 aliphatic rings. The molecule has 1 fully saturated rings. The Balaban J connectivity index is 2.59. The van der Waals surface area contributed by atoms with Gasteiger partial charge in [-0.1, -0.05) is 141 Å². The molecule has 0 aliphatic carbocycles. The molecular weight excluding hydrogens is 970 g/mol. The van der Waals surface area contributed by atoms with Crippen molar-refractivity contribution in [1.82, 2.24) is 5.32 Å². The molecule has 0 aromatic carbocycles. The number of nitrogens with one attached hydrogen (secondary N) is 1. The number of aliphatic hydroxyl groups is 8. The van der Waals surface area contributed by atoms with Crippen LogP contribution in [0, 0.1) is 0 Å². The number of aliphatic hydroxyl groups excluding tert-OH is 8. The van der Waals surface area contributed by atoms with Crippen LogP contribution in [0.15, 0.2) is 24.3 Å². The minimum Gasteiger partial charge on any atom is -0.462 e. The summed E-state index contributed by atoms with van der Waals surface area (Å²) in [6.07, 6.45) is 21.3. The number of carbonyl (C=O) groups is 2. The largest absolute Gasteiger partial charge is 0.472 e. The summed E-state index contributed by atoms with van der Waals surface area (Å²) >= 11 is 0. The number of esters is 2. The topological polar surface area (TPSA) is 301 Å². The number of allylic oxidation sites excluding steroid dienone is 4.